The molecule has 0 atom stereocenters. The van der Waals surface area contributed by atoms with Gasteiger partial charge in [-0.3, -0.25) is 0 Å². The molecule has 21 heavy (non-hydrogen) atoms. The fourth-order valence-electron chi connectivity index (χ4n) is 3.21. The zero-order valence-corrected chi connectivity index (χ0v) is 12.7. The molecule has 0 saturated carbocycles. The number of aryl methyl sites for hydroxylation is 1. The maximum atomic E-state index is 4.01. The van der Waals surface area contributed by atoms with E-state index in [0.717, 1.165) is 5.69 Å². The Kier molecular flexibility index (Phi) is 2.57. The minimum atomic E-state index is 1.13. The van der Waals surface area contributed by atoms with Crippen LogP contribution in [0.5, 0.6) is 0 Å². The van der Waals surface area contributed by atoms with E-state index in [1.807, 2.05) is 23.5 Å². The lowest BCUT2D eigenvalue weighted by Crippen LogP contribution is -1.90. The van der Waals surface area contributed by atoms with Crippen molar-refractivity contribution in [3.63, 3.8) is 0 Å². The van der Waals surface area contributed by atoms with Crippen LogP contribution in [0.1, 0.15) is 11.3 Å². The summed E-state index contributed by atoms with van der Waals surface area (Å²) in [5, 5.41) is 3.95. The van der Waals surface area contributed by atoms with Gasteiger partial charge in [0.1, 0.15) is 0 Å². The molecule has 0 aliphatic rings. The van der Waals surface area contributed by atoms with Crippen LogP contribution in [-0.2, 0) is 7.05 Å². The summed E-state index contributed by atoms with van der Waals surface area (Å²) in [5.41, 5.74) is 3.54. The molecule has 0 saturated heterocycles. The van der Waals surface area contributed by atoms with Gasteiger partial charge in [0.2, 0.25) is 0 Å². The van der Waals surface area contributed by atoms with Crippen molar-refractivity contribution in [2.45, 2.75) is 0 Å². The Balaban J connectivity index is 2.33. The first-order valence-electron chi connectivity index (χ1n) is 6.93. The number of hydrogen-bond donors (Lipinski definition) is 0. The van der Waals surface area contributed by atoms with E-state index in [0.29, 0.717) is 0 Å². The monoisotopic (exact) mass is 289 g/mol. The van der Waals surface area contributed by atoms with Crippen LogP contribution in [0.15, 0.2) is 49.6 Å². The van der Waals surface area contributed by atoms with Gasteiger partial charge in [-0.2, -0.15) is 0 Å². The molecule has 2 heteroatoms. The zero-order chi connectivity index (χ0) is 14.6. The first kappa shape index (κ1) is 12.4. The lowest BCUT2D eigenvalue weighted by Gasteiger charge is -1.99. The average Bonchev–Trinajstić information content (AvgIpc) is 3.02. The minimum Gasteiger partial charge on any atom is -0.344 e. The number of rotatable bonds is 2. The fraction of sp³-hybridized carbons (Fsp3) is 0.0526. The van der Waals surface area contributed by atoms with Crippen LogP contribution in [-0.4, -0.2) is 4.57 Å². The van der Waals surface area contributed by atoms with E-state index in [1.54, 1.807) is 0 Å². The maximum Gasteiger partial charge on any atom is 0.0503 e. The molecule has 0 spiro atoms. The van der Waals surface area contributed by atoms with E-state index >= 15 is 0 Å². The molecular formula is C19H15NS. The van der Waals surface area contributed by atoms with Gasteiger partial charge < -0.3 is 4.57 Å². The number of hydrogen-bond acceptors (Lipinski definition) is 1. The number of benzene rings is 2. The zero-order valence-electron chi connectivity index (χ0n) is 11.9. The highest BCUT2D eigenvalue weighted by atomic mass is 32.1. The number of fused-ring (bicyclic) bond motifs is 5. The van der Waals surface area contributed by atoms with Gasteiger partial charge in [0.15, 0.2) is 0 Å². The van der Waals surface area contributed by atoms with Gasteiger partial charge >= 0.3 is 0 Å². The van der Waals surface area contributed by atoms with Crippen molar-refractivity contribution in [3.8, 4) is 0 Å². The molecule has 0 amide bonds. The molecule has 2 aromatic heterocycles. The van der Waals surface area contributed by atoms with Crippen LogP contribution in [0.2, 0.25) is 0 Å². The highest BCUT2D eigenvalue weighted by Crippen LogP contribution is 2.41. The van der Waals surface area contributed by atoms with Gasteiger partial charge in [0.05, 0.1) is 5.52 Å². The number of aromatic nitrogens is 1. The molecule has 2 heterocycles. The summed E-state index contributed by atoms with van der Waals surface area (Å²) in [7, 11) is 2.09. The highest BCUT2D eigenvalue weighted by molar-refractivity contribution is 7.26. The Morgan fingerprint density at radius 2 is 1.81 bits per heavy atom. The molecule has 0 aliphatic heterocycles. The molecule has 0 bridgehead atoms. The summed E-state index contributed by atoms with van der Waals surface area (Å²) < 4.78 is 4.87. The van der Waals surface area contributed by atoms with Gasteiger partial charge in [0, 0.05) is 43.9 Å². The predicted molar refractivity (Wildman–Crippen MR) is 96.0 cm³/mol. The molecule has 4 rings (SSSR count). The SMILES string of the molecule is C=Cc1c(C=C)n(C)c2ccc3c4ccccc4sc3c12. The van der Waals surface area contributed by atoms with E-state index in [4.69, 9.17) is 0 Å². The maximum absolute atomic E-state index is 4.01. The molecule has 1 nitrogen and oxygen atoms in total. The second-order valence-electron chi connectivity index (χ2n) is 5.20. The third-order valence-electron chi connectivity index (χ3n) is 4.19. The van der Waals surface area contributed by atoms with Gasteiger partial charge in [-0.1, -0.05) is 43.5 Å². The van der Waals surface area contributed by atoms with Crippen molar-refractivity contribution in [2.75, 3.05) is 0 Å². The van der Waals surface area contributed by atoms with Crippen molar-refractivity contribution >= 4 is 54.6 Å². The molecular weight excluding hydrogens is 274 g/mol. The Bertz CT molecular complexity index is 1030. The second-order valence-corrected chi connectivity index (χ2v) is 6.25. The van der Waals surface area contributed by atoms with Crippen LogP contribution in [0.4, 0.5) is 0 Å². The molecule has 0 N–H and O–H groups in total. The molecule has 0 unspecified atom stereocenters. The van der Waals surface area contributed by atoms with Crippen molar-refractivity contribution in [3.05, 3.63) is 60.8 Å². The average molecular weight is 289 g/mol. The predicted octanol–water partition coefficient (Wildman–Crippen LogP) is 5.83. The molecule has 0 aliphatic carbocycles. The molecule has 0 radical (unpaired) electrons. The second kappa shape index (κ2) is 4.34. The first-order chi connectivity index (χ1) is 10.3. The lowest BCUT2D eigenvalue weighted by molar-refractivity contribution is 0.954. The van der Waals surface area contributed by atoms with Crippen molar-refractivity contribution in [1.82, 2.24) is 4.57 Å². The Morgan fingerprint density at radius 3 is 2.57 bits per heavy atom. The topological polar surface area (TPSA) is 4.93 Å². The summed E-state index contributed by atoms with van der Waals surface area (Å²) >= 11 is 1.86. The Morgan fingerprint density at radius 1 is 1.00 bits per heavy atom. The standard InChI is InChI=1S/C19H15NS/c1-4-12-15(5-2)20(3)16-11-10-14-13-8-6-7-9-17(13)21-19(14)18(12)16/h4-11H,1-2H2,3H3. The van der Waals surface area contributed by atoms with E-state index in [1.165, 1.54) is 36.6 Å². The van der Waals surface area contributed by atoms with Gasteiger partial charge in [-0.15, -0.1) is 11.3 Å². The minimum absolute atomic E-state index is 1.13. The largest absolute Gasteiger partial charge is 0.344 e. The van der Waals surface area contributed by atoms with E-state index in [9.17, 15) is 0 Å². The smallest absolute Gasteiger partial charge is 0.0503 e. The van der Waals surface area contributed by atoms with Gasteiger partial charge in [0.25, 0.3) is 0 Å². The molecule has 4 aromatic rings. The third kappa shape index (κ3) is 1.51. The van der Waals surface area contributed by atoms with Crippen LogP contribution in [0.25, 0.3) is 43.2 Å². The number of nitrogens with zero attached hydrogens (tertiary/aromatic N) is 1. The fourth-order valence-corrected chi connectivity index (χ4v) is 4.47. The Hall–Kier alpha value is -2.32. The molecule has 2 aromatic carbocycles. The molecule has 102 valence electrons. The van der Waals surface area contributed by atoms with Crippen molar-refractivity contribution in [2.24, 2.45) is 7.05 Å². The summed E-state index contributed by atoms with van der Waals surface area (Å²) in [4.78, 5) is 0. The van der Waals surface area contributed by atoms with E-state index < -0.39 is 0 Å². The van der Waals surface area contributed by atoms with Gasteiger partial charge in [-0.05, 0) is 18.2 Å². The van der Waals surface area contributed by atoms with Crippen molar-refractivity contribution < 1.29 is 0 Å². The summed E-state index contributed by atoms with van der Waals surface area (Å²) in [6.45, 7) is 7.96. The van der Waals surface area contributed by atoms with Crippen LogP contribution >= 0.6 is 11.3 Å². The van der Waals surface area contributed by atoms with Crippen LogP contribution in [0.3, 0.4) is 0 Å². The van der Waals surface area contributed by atoms with E-state index in [-0.39, 0.29) is 0 Å². The molecule has 0 fully saturated rings. The number of thiophene rings is 1. The quantitative estimate of drug-likeness (QED) is 0.437. The van der Waals surface area contributed by atoms with Gasteiger partial charge in [-0.25, -0.2) is 0 Å². The normalized spacial score (nSPS) is 11.5. The Labute approximate surface area is 127 Å². The highest BCUT2D eigenvalue weighted by Gasteiger charge is 2.16. The van der Waals surface area contributed by atoms with Crippen LogP contribution < -0.4 is 0 Å². The van der Waals surface area contributed by atoms with Crippen molar-refractivity contribution in [1.29, 1.82) is 0 Å². The first-order valence-corrected chi connectivity index (χ1v) is 7.75. The lowest BCUT2D eigenvalue weighted by atomic mass is 10.1. The summed E-state index contributed by atoms with van der Waals surface area (Å²) in [6, 6.07) is 13.0. The summed E-state index contributed by atoms with van der Waals surface area (Å²) in [6.07, 6.45) is 3.86. The van der Waals surface area contributed by atoms with E-state index in [2.05, 4.69) is 61.2 Å². The third-order valence-corrected chi connectivity index (χ3v) is 5.39. The summed E-state index contributed by atoms with van der Waals surface area (Å²) in [5.74, 6) is 0. The van der Waals surface area contributed by atoms with Crippen LogP contribution in [0, 0.1) is 0 Å².